The van der Waals surface area contributed by atoms with Gasteiger partial charge in [0, 0.05) is 19.1 Å². The van der Waals surface area contributed by atoms with Crippen molar-refractivity contribution < 1.29 is 9.53 Å². The third-order valence-corrected chi connectivity index (χ3v) is 8.21. The first-order valence-electron chi connectivity index (χ1n) is 13.2. The van der Waals surface area contributed by atoms with E-state index in [-0.39, 0.29) is 22.7 Å². The van der Waals surface area contributed by atoms with Crippen molar-refractivity contribution in [3.63, 3.8) is 0 Å². The maximum Gasteiger partial charge on any atom is 0.326 e. The molecule has 0 N–H and O–H groups in total. The number of benzene rings is 2. The number of ether oxygens (including phenoxy) is 1. The largest absolute Gasteiger partial charge is 0.459 e. The molecule has 0 radical (unpaired) electrons. The lowest BCUT2D eigenvalue weighted by Gasteiger charge is -2.46. The zero-order chi connectivity index (χ0) is 25.0. The minimum atomic E-state index is -0.594. The summed E-state index contributed by atoms with van der Waals surface area (Å²) in [4.78, 5) is 33.4. The first kappa shape index (κ1) is 25.0. The Morgan fingerprint density at radius 3 is 2.31 bits per heavy atom. The molecule has 2 aliphatic rings. The average molecular weight is 508 g/mol. The van der Waals surface area contributed by atoms with E-state index in [1.807, 2.05) is 59.2 Å². The van der Waals surface area contributed by atoms with Crippen molar-refractivity contribution in [1.82, 2.24) is 14.5 Å². The Balaban J connectivity index is 1.37. The lowest BCUT2D eigenvalue weighted by atomic mass is 9.81. The summed E-state index contributed by atoms with van der Waals surface area (Å²) in [6.07, 6.45) is 8.81. The molecule has 2 aromatic carbocycles. The van der Waals surface area contributed by atoms with Gasteiger partial charge in [0.15, 0.2) is 5.15 Å². The molecule has 1 saturated heterocycles. The standard InChI is InChI=1S/C29H34ClN3O3/c30-26-27(34)33(25-14-8-7-13-24(25)31-26)23-15-19-32(20-16-23)29(17-9-2-1-3-10-18-29)28(35)36-21-22-11-5-4-6-12-22/h4-8,11-14,23H,1-3,9-10,15-21H2. The van der Waals surface area contributed by atoms with Crippen LogP contribution in [0.15, 0.2) is 59.4 Å². The highest BCUT2D eigenvalue weighted by Crippen LogP contribution is 2.37. The third kappa shape index (κ3) is 5.07. The summed E-state index contributed by atoms with van der Waals surface area (Å²) >= 11 is 6.23. The number of carbonyl (C=O) groups is 1. The van der Waals surface area contributed by atoms with Gasteiger partial charge in [-0.05, 0) is 43.4 Å². The van der Waals surface area contributed by atoms with Crippen LogP contribution < -0.4 is 5.56 Å². The van der Waals surface area contributed by atoms with E-state index in [0.29, 0.717) is 6.61 Å². The highest BCUT2D eigenvalue weighted by atomic mass is 35.5. The predicted octanol–water partition coefficient (Wildman–Crippen LogP) is 5.91. The molecular formula is C29H34ClN3O3. The summed E-state index contributed by atoms with van der Waals surface area (Å²) in [6, 6.07) is 17.6. The number of nitrogens with zero attached hydrogens (tertiary/aromatic N) is 3. The summed E-state index contributed by atoms with van der Waals surface area (Å²) in [5.41, 5.74) is 1.71. The van der Waals surface area contributed by atoms with E-state index in [4.69, 9.17) is 16.3 Å². The molecule has 6 nitrogen and oxygen atoms in total. The van der Waals surface area contributed by atoms with Crippen molar-refractivity contribution in [3.05, 3.63) is 75.7 Å². The molecule has 36 heavy (non-hydrogen) atoms. The van der Waals surface area contributed by atoms with E-state index in [2.05, 4.69) is 9.88 Å². The Hall–Kier alpha value is -2.70. The van der Waals surface area contributed by atoms with E-state index < -0.39 is 5.54 Å². The molecule has 1 saturated carbocycles. The fraction of sp³-hybridized carbons (Fsp3) is 0.483. The Morgan fingerprint density at radius 1 is 0.944 bits per heavy atom. The average Bonchev–Trinajstić information content (AvgIpc) is 2.89. The quantitative estimate of drug-likeness (QED) is 0.401. The molecule has 2 fully saturated rings. The van der Waals surface area contributed by atoms with Gasteiger partial charge >= 0.3 is 5.97 Å². The van der Waals surface area contributed by atoms with Gasteiger partial charge in [-0.15, -0.1) is 0 Å². The van der Waals surface area contributed by atoms with E-state index in [0.717, 1.165) is 81.1 Å². The Labute approximate surface area is 217 Å². The second kappa shape index (κ2) is 11.1. The maximum atomic E-state index is 13.7. The number of hydrogen-bond donors (Lipinski definition) is 0. The maximum absolute atomic E-state index is 13.7. The molecule has 7 heteroatoms. The van der Waals surface area contributed by atoms with Crippen molar-refractivity contribution in [3.8, 4) is 0 Å². The summed E-state index contributed by atoms with van der Waals surface area (Å²) in [7, 11) is 0. The fourth-order valence-electron chi connectivity index (χ4n) is 6.04. The van der Waals surface area contributed by atoms with E-state index >= 15 is 0 Å². The van der Waals surface area contributed by atoms with Crippen molar-refractivity contribution in [1.29, 1.82) is 0 Å². The molecule has 3 aromatic rings. The molecule has 0 spiro atoms. The Morgan fingerprint density at radius 2 is 1.58 bits per heavy atom. The van der Waals surface area contributed by atoms with Crippen LogP contribution in [0.1, 0.15) is 69.4 Å². The minimum absolute atomic E-state index is 0.0112. The van der Waals surface area contributed by atoms with Gasteiger partial charge in [0.05, 0.1) is 11.0 Å². The third-order valence-electron chi connectivity index (χ3n) is 7.96. The monoisotopic (exact) mass is 507 g/mol. The zero-order valence-corrected chi connectivity index (χ0v) is 21.5. The van der Waals surface area contributed by atoms with Crippen molar-refractivity contribution in [2.75, 3.05) is 13.1 Å². The van der Waals surface area contributed by atoms with Crippen LogP contribution in [-0.4, -0.2) is 39.0 Å². The molecule has 0 amide bonds. The Kier molecular flexibility index (Phi) is 7.73. The number of halogens is 1. The lowest BCUT2D eigenvalue weighted by molar-refractivity contribution is -0.163. The van der Waals surface area contributed by atoms with Crippen LogP contribution in [-0.2, 0) is 16.1 Å². The Bertz CT molecular complexity index is 1240. The van der Waals surface area contributed by atoms with E-state index in [9.17, 15) is 9.59 Å². The van der Waals surface area contributed by atoms with Crippen LogP contribution in [0.2, 0.25) is 5.15 Å². The first-order valence-corrected chi connectivity index (χ1v) is 13.6. The van der Waals surface area contributed by atoms with Crippen LogP contribution in [0.3, 0.4) is 0 Å². The van der Waals surface area contributed by atoms with E-state index in [1.54, 1.807) is 0 Å². The number of fused-ring (bicyclic) bond motifs is 1. The fourth-order valence-corrected chi connectivity index (χ4v) is 6.22. The molecule has 190 valence electrons. The predicted molar refractivity (Wildman–Crippen MR) is 142 cm³/mol. The van der Waals surface area contributed by atoms with Crippen LogP contribution >= 0.6 is 11.6 Å². The van der Waals surface area contributed by atoms with Gasteiger partial charge in [0.2, 0.25) is 0 Å². The van der Waals surface area contributed by atoms with Crippen LogP contribution in [0, 0.1) is 0 Å². The van der Waals surface area contributed by atoms with E-state index in [1.165, 1.54) is 6.42 Å². The summed E-state index contributed by atoms with van der Waals surface area (Å²) < 4.78 is 7.78. The van der Waals surface area contributed by atoms with Crippen molar-refractivity contribution >= 4 is 28.6 Å². The number of para-hydroxylation sites is 2. The number of carbonyl (C=O) groups excluding carboxylic acids is 1. The van der Waals surface area contributed by atoms with Gasteiger partial charge in [-0.2, -0.15) is 0 Å². The second-order valence-electron chi connectivity index (χ2n) is 10.1. The zero-order valence-electron chi connectivity index (χ0n) is 20.7. The molecule has 1 aliphatic carbocycles. The van der Waals surface area contributed by atoms with Crippen LogP contribution in [0.25, 0.3) is 11.0 Å². The minimum Gasteiger partial charge on any atom is -0.459 e. The van der Waals surface area contributed by atoms with Gasteiger partial charge in [-0.25, -0.2) is 4.98 Å². The smallest absolute Gasteiger partial charge is 0.326 e. The van der Waals surface area contributed by atoms with Crippen molar-refractivity contribution in [2.24, 2.45) is 0 Å². The number of rotatable bonds is 5. The molecule has 1 aromatic heterocycles. The molecule has 5 rings (SSSR count). The number of esters is 1. The highest BCUT2D eigenvalue weighted by molar-refractivity contribution is 6.29. The molecule has 0 bridgehead atoms. The number of hydrogen-bond acceptors (Lipinski definition) is 5. The van der Waals surface area contributed by atoms with Gasteiger partial charge in [0.1, 0.15) is 12.1 Å². The van der Waals surface area contributed by atoms with Crippen molar-refractivity contribution in [2.45, 2.75) is 76.0 Å². The normalized spacial score (nSPS) is 19.5. The lowest BCUT2D eigenvalue weighted by Crippen LogP contribution is -2.58. The number of likely N-dealkylation sites (tertiary alicyclic amines) is 1. The van der Waals surface area contributed by atoms with Gasteiger partial charge in [0.25, 0.3) is 5.56 Å². The highest BCUT2D eigenvalue weighted by Gasteiger charge is 2.46. The van der Waals surface area contributed by atoms with Crippen LogP contribution in [0.4, 0.5) is 0 Å². The SMILES string of the molecule is O=C(OCc1ccccc1)C1(N2CCC(n3c(=O)c(Cl)nc4ccccc43)CC2)CCCCCCC1. The molecule has 0 atom stereocenters. The first-order chi connectivity index (χ1) is 17.6. The topological polar surface area (TPSA) is 64.4 Å². The van der Waals surface area contributed by atoms with Gasteiger partial charge in [-0.3, -0.25) is 14.5 Å². The summed E-state index contributed by atoms with van der Waals surface area (Å²) in [6.45, 7) is 1.78. The molecule has 1 aliphatic heterocycles. The molecule has 2 heterocycles. The summed E-state index contributed by atoms with van der Waals surface area (Å²) in [5, 5.41) is 0.0112. The molecular weight excluding hydrogens is 474 g/mol. The molecule has 0 unspecified atom stereocenters. The second-order valence-corrected chi connectivity index (χ2v) is 10.5. The van der Waals surface area contributed by atoms with Gasteiger partial charge < -0.3 is 9.30 Å². The number of aromatic nitrogens is 2. The summed E-state index contributed by atoms with van der Waals surface area (Å²) in [5.74, 6) is -0.0960. The van der Waals surface area contributed by atoms with Gasteiger partial charge in [-0.1, -0.05) is 86.2 Å². The van der Waals surface area contributed by atoms with Crippen LogP contribution in [0.5, 0.6) is 0 Å². The number of piperidine rings is 1.